The molecule has 29 heteroatoms. The van der Waals surface area contributed by atoms with Crippen LogP contribution in [0.2, 0.25) is 0 Å². The SMILES string of the molecule is CCN[C@H]1CO[C@@H](O[C@H]2[C@H](O[C@H]3C#C/C=C\C#C[C@]4(O)CC(=O)C(NC(=O)OC)C3C4CCSSSC)O[C@H](C)[C@@H](NO[C@H]3C[C@H](O)[C@H](SC(=O)c4c(C)c(I)c(O[C@@H]5O[C@@H](C)[C@H](O)[C@@H](OC)[C@H]5O)c(OC)c4OC)[C@@H](C)O3)[C@@H]2O)C[C@@H]1OC. The van der Waals surface area contributed by atoms with Gasteiger partial charge in [0.25, 0.3) is 0 Å². The van der Waals surface area contributed by atoms with Gasteiger partial charge < -0.3 is 93.0 Å². The Kier molecular flexibility index (Phi) is 26.2. The molecule has 1 saturated carbocycles. The van der Waals surface area contributed by atoms with Crippen LogP contribution in [0, 0.1) is 46.0 Å². The number of rotatable bonds is 23. The number of thioether (sulfide) groups is 1. The highest BCUT2D eigenvalue weighted by atomic mass is 127. The van der Waals surface area contributed by atoms with Gasteiger partial charge in [-0.1, -0.05) is 64.0 Å². The Morgan fingerprint density at radius 2 is 1.60 bits per heavy atom. The molecule has 0 aromatic heterocycles. The number of carbonyl (C=O) groups is 3. The van der Waals surface area contributed by atoms with E-state index in [9.17, 15) is 39.9 Å². The van der Waals surface area contributed by atoms with E-state index in [0.29, 0.717) is 27.9 Å². The van der Waals surface area contributed by atoms with E-state index in [1.165, 1.54) is 40.6 Å². The second kappa shape index (κ2) is 31.8. The summed E-state index contributed by atoms with van der Waals surface area (Å²) in [5, 5.41) is 63.0. The molecule has 4 heterocycles. The summed E-state index contributed by atoms with van der Waals surface area (Å²) >= 11 is 2.84. The monoisotopic (exact) mass is 1370 g/mol. The number of hydrogen-bond donors (Lipinski definition) is 8. The van der Waals surface area contributed by atoms with Gasteiger partial charge in [0.2, 0.25) is 17.2 Å². The number of hydrogen-bond acceptors (Lipinski definition) is 27. The predicted octanol–water partition coefficient (Wildman–Crippen LogP) is 3.01. The fourth-order valence-electron chi connectivity index (χ4n) is 11.3. The molecule has 6 aliphatic rings. The molecule has 2 bridgehead atoms. The molecule has 4 aliphatic heterocycles. The average molecular weight is 1370 g/mol. The Morgan fingerprint density at radius 1 is 0.869 bits per heavy atom. The molecule has 24 nitrogen and oxygen atoms in total. The van der Waals surface area contributed by atoms with Crippen LogP contribution in [0.25, 0.3) is 0 Å². The highest BCUT2D eigenvalue weighted by Gasteiger charge is 2.57. The second-order valence-corrected chi connectivity index (χ2v) is 27.5. The summed E-state index contributed by atoms with van der Waals surface area (Å²) in [5.41, 5.74) is 1.64. The lowest BCUT2D eigenvalue weighted by molar-refractivity contribution is -0.341. The van der Waals surface area contributed by atoms with Crippen LogP contribution in [0.5, 0.6) is 17.2 Å². The van der Waals surface area contributed by atoms with E-state index in [1.807, 2.05) is 35.8 Å². The Morgan fingerprint density at radius 3 is 2.26 bits per heavy atom. The minimum atomic E-state index is -1.86. The van der Waals surface area contributed by atoms with Crippen LogP contribution in [0.15, 0.2) is 12.2 Å². The largest absolute Gasteiger partial charge is 0.492 e. The number of aliphatic hydroxyl groups is 5. The summed E-state index contributed by atoms with van der Waals surface area (Å²) in [6, 6.07) is -2.49. The van der Waals surface area contributed by atoms with Crippen molar-refractivity contribution in [1.29, 1.82) is 0 Å². The first kappa shape index (κ1) is 69.1. The summed E-state index contributed by atoms with van der Waals surface area (Å²) in [6.07, 6.45) is -12.5. The Hall–Kier alpha value is -2.42. The maximum atomic E-state index is 14.4. The standard InChI is InChI=1S/C55H78IN3O21S4/c1-12-57-30-24-73-35(22-34(30)68-6)78-48-43(63)40(26(3)75-53(48)77-33-17-15-13-14-16-19-55(67)23-32(61)41(58-54(66)72-10)38(33)29(55)18-20-82-84-81-11)59-80-36-21-31(60)50(28(5)74-36)83-51(65)37-25(2)39(56)46(49(71-9)45(37)69-7)79-52-44(64)47(70-8)42(62)27(4)76-52/h13-14,26-31,33-36,38,40-44,47-48,50,52-53,57,59-60,62-64,67H,12,18,20-24H2,1-11H3,(H,58,66)/b14-13-/t26-,27+,28-,29?,30+,31+,33+,34+,35+,36+,38?,40-,41?,42+,43+,44-,47-,48-,50-,52+,53+,55+/m1/s1. The normalized spacial score (nSPS) is 38.0. The third kappa shape index (κ3) is 15.9. The van der Waals surface area contributed by atoms with Gasteiger partial charge >= 0.3 is 6.09 Å². The Balaban J connectivity index is 1.10. The van der Waals surface area contributed by atoms with Gasteiger partial charge in [0.1, 0.15) is 42.2 Å². The number of nitrogens with one attached hydrogen (secondary N) is 3. The zero-order valence-electron chi connectivity index (χ0n) is 48.5. The van der Waals surface area contributed by atoms with Crippen LogP contribution in [-0.2, 0) is 52.3 Å². The van der Waals surface area contributed by atoms with Crippen molar-refractivity contribution in [2.24, 2.45) is 11.8 Å². The number of ether oxygens (including phenoxy) is 12. The van der Waals surface area contributed by atoms with Crippen LogP contribution < -0.4 is 30.3 Å². The van der Waals surface area contributed by atoms with Gasteiger partial charge in [0, 0.05) is 51.1 Å². The van der Waals surface area contributed by atoms with Gasteiger partial charge in [-0.25, -0.2) is 4.79 Å². The molecule has 7 rings (SSSR count). The predicted molar refractivity (Wildman–Crippen MR) is 320 cm³/mol. The van der Waals surface area contributed by atoms with E-state index in [-0.39, 0.29) is 54.4 Å². The zero-order chi connectivity index (χ0) is 61.2. The van der Waals surface area contributed by atoms with Crippen molar-refractivity contribution in [1.82, 2.24) is 16.1 Å². The van der Waals surface area contributed by atoms with Crippen molar-refractivity contribution in [2.75, 3.05) is 60.7 Å². The van der Waals surface area contributed by atoms with Crippen molar-refractivity contribution in [3.05, 3.63) is 26.8 Å². The smallest absolute Gasteiger partial charge is 0.407 e. The lowest BCUT2D eigenvalue weighted by Gasteiger charge is -2.49. The molecule has 84 heavy (non-hydrogen) atoms. The first-order chi connectivity index (χ1) is 40.2. The number of alkyl carbamates (subject to hydrolysis) is 1. The number of Topliss-reactive ketones (excluding diaryl/α,β-unsaturated/α-hetero) is 1. The molecule has 470 valence electrons. The Bertz CT molecular complexity index is 2570. The van der Waals surface area contributed by atoms with Gasteiger partial charge in [0.15, 0.2) is 36.2 Å². The molecule has 1 amide bonds. The topological polar surface area (TPSA) is 308 Å². The summed E-state index contributed by atoms with van der Waals surface area (Å²) < 4.78 is 72.8. The fourth-order valence-corrected chi connectivity index (χ4v) is 15.9. The second-order valence-electron chi connectivity index (χ2n) is 20.8. The lowest BCUT2D eigenvalue weighted by Crippen LogP contribution is -2.66. The van der Waals surface area contributed by atoms with E-state index in [2.05, 4.69) is 39.8 Å². The van der Waals surface area contributed by atoms with Crippen molar-refractivity contribution >= 4 is 82.8 Å². The van der Waals surface area contributed by atoms with Crippen molar-refractivity contribution in [2.45, 2.75) is 182 Å². The number of ketones is 1. The van der Waals surface area contributed by atoms with Gasteiger partial charge in [0.05, 0.1) is 91.0 Å². The van der Waals surface area contributed by atoms with E-state index >= 15 is 0 Å². The van der Waals surface area contributed by atoms with Crippen LogP contribution in [0.3, 0.4) is 0 Å². The maximum Gasteiger partial charge on any atom is 0.407 e. The molecule has 22 atom stereocenters. The van der Waals surface area contributed by atoms with Crippen molar-refractivity contribution in [3.8, 4) is 40.9 Å². The van der Waals surface area contributed by atoms with Crippen LogP contribution >= 0.6 is 65.8 Å². The number of halogens is 1. The first-order valence-corrected chi connectivity index (χ1v) is 33.4. The third-order valence-corrected chi connectivity index (χ3v) is 22.2. The number of fused-ring (bicyclic) bond motifs is 2. The summed E-state index contributed by atoms with van der Waals surface area (Å²) in [4.78, 5) is 47.7. The van der Waals surface area contributed by atoms with E-state index in [4.69, 9.17) is 61.7 Å². The summed E-state index contributed by atoms with van der Waals surface area (Å²) in [6.45, 7) is 9.48. The van der Waals surface area contributed by atoms with Crippen LogP contribution in [0.1, 0.15) is 69.3 Å². The number of benzene rings is 1. The van der Waals surface area contributed by atoms with Crippen LogP contribution in [0.4, 0.5) is 4.79 Å². The molecule has 0 radical (unpaired) electrons. The molecular weight excluding hydrogens is 1290 g/mol. The minimum Gasteiger partial charge on any atom is -0.492 e. The Labute approximate surface area is 519 Å². The van der Waals surface area contributed by atoms with E-state index in [0.717, 1.165) is 11.8 Å². The average Bonchev–Trinajstić information content (AvgIpc) is 1.36. The molecule has 4 saturated heterocycles. The van der Waals surface area contributed by atoms with Gasteiger partial charge in [-0.05, 0) is 97.0 Å². The molecule has 3 unspecified atom stereocenters. The van der Waals surface area contributed by atoms with Crippen molar-refractivity contribution in [3.63, 3.8) is 0 Å². The minimum absolute atomic E-state index is 0.0312. The molecule has 0 spiro atoms. The highest BCUT2D eigenvalue weighted by molar-refractivity contribution is 14.1. The summed E-state index contributed by atoms with van der Waals surface area (Å²) in [7, 11) is 11.5. The van der Waals surface area contributed by atoms with E-state index in [1.54, 1.807) is 66.2 Å². The fraction of sp³-hybridized carbons (Fsp3) is 0.727. The third-order valence-electron chi connectivity index (χ3n) is 15.6. The number of allylic oxidation sites excluding steroid dienone is 2. The number of carbonyl (C=O) groups excluding carboxylic acids is 3. The number of methoxy groups -OCH3 is 5. The number of amides is 1. The molecule has 8 N–H and O–H groups in total. The lowest BCUT2D eigenvalue weighted by atomic mass is 9.63. The maximum absolute atomic E-state index is 14.4. The van der Waals surface area contributed by atoms with Gasteiger partial charge in [-0.15, -0.1) is 0 Å². The highest BCUT2D eigenvalue weighted by Crippen LogP contribution is 2.49. The molecule has 2 aliphatic carbocycles. The molecule has 5 fully saturated rings. The zero-order valence-corrected chi connectivity index (χ0v) is 53.9. The quantitative estimate of drug-likeness (QED) is 0.0257. The van der Waals surface area contributed by atoms with Gasteiger partial charge in [-0.3, -0.25) is 14.4 Å². The number of hydroxylamine groups is 1. The summed E-state index contributed by atoms with van der Waals surface area (Å²) in [5.74, 6) is 10.2. The van der Waals surface area contributed by atoms with Gasteiger partial charge in [-0.2, -0.15) is 5.48 Å². The first-order valence-electron chi connectivity index (χ1n) is 27.4. The number of aliphatic hydroxyl groups excluding tert-OH is 4. The molecular formula is C55H78IN3O21S4. The molecule has 1 aromatic rings. The molecule has 1 aromatic carbocycles. The van der Waals surface area contributed by atoms with E-state index < -0.39 is 144 Å². The number of likely N-dealkylation sites (N-methyl/N-ethyl adjacent to an activating group) is 1. The van der Waals surface area contributed by atoms with Crippen molar-refractivity contribution < 1.29 is 102 Å². The van der Waals surface area contributed by atoms with Crippen LogP contribution in [-0.4, -0.2) is 225 Å².